The summed E-state index contributed by atoms with van der Waals surface area (Å²) in [7, 11) is -1.49. The first-order chi connectivity index (χ1) is 15.6. The summed E-state index contributed by atoms with van der Waals surface area (Å²) in [6.45, 7) is 0.363. The fraction of sp³-hybridized carbons (Fsp3) is 0.455. The van der Waals surface area contributed by atoms with E-state index in [2.05, 4.69) is 5.32 Å². The maximum atomic E-state index is 13.4. The topological polar surface area (TPSA) is 117 Å². The minimum absolute atomic E-state index is 0.0106. The van der Waals surface area contributed by atoms with Gasteiger partial charge in [0.2, 0.25) is 0 Å². The van der Waals surface area contributed by atoms with Crippen LogP contribution in [0.1, 0.15) is 5.56 Å². The molecule has 1 saturated heterocycles. The molecule has 0 spiro atoms. The van der Waals surface area contributed by atoms with E-state index in [-0.39, 0.29) is 16.4 Å². The zero-order valence-electron chi connectivity index (χ0n) is 19.0. The minimum Gasteiger partial charge on any atom is -0.497 e. The molecule has 2 aromatic carbocycles. The van der Waals surface area contributed by atoms with Crippen LogP contribution in [0.15, 0.2) is 41.3 Å². The summed E-state index contributed by atoms with van der Waals surface area (Å²) in [6, 6.07) is 8.92. The first-order valence-electron chi connectivity index (χ1n) is 10.3. The van der Waals surface area contributed by atoms with Crippen molar-refractivity contribution in [2.45, 2.75) is 22.6 Å². The standard InChI is InChI=1S/C22H29NO8S2/c1-28-16-5-7-19(29-2)15(11-16)9-10-23-18-13-32(24,25)14-22(18)33(26,27)17-6-8-20(30-3)21(12-17)31-4/h5-8,11-12,18,22-23H,9-10,13-14H2,1-4H3/t18-,22-/m0/s1. The predicted molar refractivity (Wildman–Crippen MR) is 124 cm³/mol. The molecule has 2 aromatic rings. The third-order valence-electron chi connectivity index (χ3n) is 5.67. The van der Waals surface area contributed by atoms with Crippen LogP contribution in [0, 0.1) is 0 Å². The maximum absolute atomic E-state index is 13.4. The quantitative estimate of drug-likeness (QED) is 0.519. The second kappa shape index (κ2) is 10.2. The van der Waals surface area contributed by atoms with Gasteiger partial charge in [-0.1, -0.05) is 0 Å². The van der Waals surface area contributed by atoms with Crippen LogP contribution in [0.2, 0.25) is 0 Å². The predicted octanol–water partition coefficient (Wildman–Crippen LogP) is 1.49. The number of hydrogen-bond donors (Lipinski definition) is 1. The van der Waals surface area contributed by atoms with E-state index in [4.69, 9.17) is 18.9 Å². The first kappa shape index (κ1) is 25.1. The lowest BCUT2D eigenvalue weighted by atomic mass is 10.1. The van der Waals surface area contributed by atoms with Gasteiger partial charge in [0.05, 0.1) is 50.1 Å². The van der Waals surface area contributed by atoms with Gasteiger partial charge in [0.25, 0.3) is 0 Å². The Morgan fingerprint density at radius 3 is 2.18 bits per heavy atom. The Morgan fingerprint density at radius 1 is 0.879 bits per heavy atom. The van der Waals surface area contributed by atoms with Crippen LogP contribution in [0.4, 0.5) is 0 Å². The second-order valence-corrected chi connectivity index (χ2v) is 12.0. The van der Waals surface area contributed by atoms with Gasteiger partial charge in [0.1, 0.15) is 11.5 Å². The number of methoxy groups -OCH3 is 4. The van der Waals surface area contributed by atoms with Crippen LogP contribution < -0.4 is 24.3 Å². The fourth-order valence-corrected chi connectivity index (χ4v) is 8.68. The zero-order valence-corrected chi connectivity index (χ0v) is 20.7. The number of rotatable bonds is 10. The summed E-state index contributed by atoms with van der Waals surface area (Å²) < 4.78 is 72.5. The van der Waals surface area contributed by atoms with E-state index in [0.717, 1.165) is 5.56 Å². The fourth-order valence-electron chi connectivity index (χ4n) is 3.95. The lowest BCUT2D eigenvalue weighted by Crippen LogP contribution is -2.44. The third-order valence-corrected chi connectivity index (χ3v) is 9.82. The number of ether oxygens (including phenoxy) is 4. The highest BCUT2D eigenvalue weighted by molar-refractivity contribution is 7.96. The molecule has 1 N–H and O–H groups in total. The van der Waals surface area contributed by atoms with Crippen molar-refractivity contribution in [3.8, 4) is 23.0 Å². The molecule has 0 radical (unpaired) electrons. The molecule has 1 fully saturated rings. The molecular formula is C22H29NO8S2. The maximum Gasteiger partial charge on any atom is 0.183 e. The molecule has 3 rings (SSSR count). The van der Waals surface area contributed by atoms with Crippen LogP contribution in [0.5, 0.6) is 23.0 Å². The van der Waals surface area contributed by atoms with Crippen molar-refractivity contribution in [1.29, 1.82) is 0 Å². The van der Waals surface area contributed by atoms with Crippen molar-refractivity contribution in [2.75, 3.05) is 46.5 Å². The van der Waals surface area contributed by atoms with E-state index in [0.29, 0.717) is 30.2 Å². The van der Waals surface area contributed by atoms with Gasteiger partial charge in [0, 0.05) is 12.1 Å². The van der Waals surface area contributed by atoms with Gasteiger partial charge in [-0.05, 0) is 48.9 Å². The molecule has 11 heteroatoms. The average Bonchev–Trinajstić information content (AvgIpc) is 3.13. The zero-order chi connectivity index (χ0) is 24.2. The SMILES string of the molecule is COc1ccc(OC)c(CCN[C@H]2CS(=O)(=O)C[C@@H]2S(=O)(=O)c2ccc(OC)c(OC)c2)c1. The van der Waals surface area contributed by atoms with Gasteiger partial charge in [0.15, 0.2) is 31.2 Å². The van der Waals surface area contributed by atoms with E-state index in [1.54, 1.807) is 26.4 Å². The molecule has 0 saturated carbocycles. The van der Waals surface area contributed by atoms with Gasteiger partial charge in [-0.25, -0.2) is 16.8 Å². The van der Waals surface area contributed by atoms with Crippen LogP contribution in [0.3, 0.4) is 0 Å². The summed E-state index contributed by atoms with van der Waals surface area (Å²) in [5.41, 5.74) is 0.865. The van der Waals surface area contributed by atoms with Gasteiger partial charge in [-0.3, -0.25) is 0 Å². The Morgan fingerprint density at radius 2 is 1.55 bits per heavy atom. The van der Waals surface area contributed by atoms with Gasteiger partial charge >= 0.3 is 0 Å². The average molecular weight is 500 g/mol. The molecular weight excluding hydrogens is 470 g/mol. The Bertz CT molecular complexity index is 1190. The monoisotopic (exact) mass is 499 g/mol. The summed E-state index contributed by atoms with van der Waals surface area (Å²) in [5.74, 6) is 1.30. The third kappa shape index (κ3) is 5.53. The van der Waals surface area contributed by atoms with E-state index < -0.39 is 36.7 Å². The second-order valence-electron chi connectivity index (χ2n) is 7.67. The van der Waals surface area contributed by atoms with Crippen molar-refractivity contribution in [3.05, 3.63) is 42.0 Å². The van der Waals surface area contributed by atoms with Gasteiger partial charge in [-0.15, -0.1) is 0 Å². The highest BCUT2D eigenvalue weighted by atomic mass is 32.2. The molecule has 1 aliphatic rings. The smallest absolute Gasteiger partial charge is 0.183 e. The summed E-state index contributed by atoms with van der Waals surface area (Å²) in [5, 5.41) is 2.02. The van der Waals surface area contributed by atoms with Crippen molar-refractivity contribution in [3.63, 3.8) is 0 Å². The Balaban J connectivity index is 1.81. The van der Waals surface area contributed by atoms with E-state index in [9.17, 15) is 16.8 Å². The molecule has 0 bridgehead atoms. The van der Waals surface area contributed by atoms with Crippen molar-refractivity contribution in [1.82, 2.24) is 5.32 Å². The number of sulfone groups is 2. The summed E-state index contributed by atoms with van der Waals surface area (Å²) >= 11 is 0. The molecule has 2 atom stereocenters. The van der Waals surface area contributed by atoms with Crippen LogP contribution in [0.25, 0.3) is 0 Å². The van der Waals surface area contributed by atoms with Crippen molar-refractivity contribution >= 4 is 19.7 Å². The normalized spacial score (nSPS) is 19.8. The van der Waals surface area contributed by atoms with E-state index in [1.807, 2.05) is 6.07 Å². The van der Waals surface area contributed by atoms with Gasteiger partial charge in [-0.2, -0.15) is 0 Å². The molecule has 0 unspecified atom stereocenters. The number of benzene rings is 2. The summed E-state index contributed by atoms with van der Waals surface area (Å²) in [4.78, 5) is -0.0106. The van der Waals surface area contributed by atoms with Gasteiger partial charge < -0.3 is 24.3 Å². The lowest BCUT2D eigenvalue weighted by molar-refractivity contribution is 0.354. The molecule has 33 heavy (non-hydrogen) atoms. The van der Waals surface area contributed by atoms with E-state index in [1.165, 1.54) is 32.4 Å². The summed E-state index contributed by atoms with van der Waals surface area (Å²) in [6.07, 6.45) is 0.500. The van der Waals surface area contributed by atoms with Crippen molar-refractivity contribution in [2.24, 2.45) is 0 Å². The molecule has 0 aromatic heterocycles. The minimum atomic E-state index is -3.96. The number of nitrogens with one attached hydrogen (secondary N) is 1. The lowest BCUT2D eigenvalue weighted by Gasteiger charge is -2.21. The molecule has 1 aliphatic heterocycles. The Labute approximate surface area is 194 Å². The van der Waals surface area contributed by atoms with Crippen LogP contribution in [-0.2, 0) is 26.1 Å². The Hall–Kier alpha value is -2.50. The molecule has 9 nitrogen and oxygen atoms in total. The molecule has 0 aliphatic carbocycles. The highest BCUT2D eigenvalue weighted by Crippen LogP contribution is 2.33. The molecule has 1 heterocycles. The van der Waals surface area contributed by atoms with Crippen LogP contribution >= 0.6 is 0 Å². The first-order valence-corrected chi connectivity index (χ1v) is 13.6. The number of hydrogen-bond acceptors (Lipinski definition) is 9. The Kier molecular flexibility index (Phi) is 7.76. The van der Waals surface area contributed by atoms with Crippen molar-refractivity contribution < 1.29 is 35.8 Å². The molecule has 0 amide bonds. The van der Waals surface area contributed by atoms with Crippen LogP contribution in [-0.4, -0.2) is 74.6 Å². The largest absolute Gasteiger partial charge is 0.497 e. The van der Waals surface area contributed by atoms with E-state index >= 15 is 0 Å². The highest BCUT2D eigenvalue weighted by Gasteiger charge is 2.45. The molecule has 182 valence electrons.